The number of hydrogen-bond donors (Lipinski definition) is 0. The van der Waals surface area contributed by atoms with Gasteiger partial charge in [0, 0.05) is 6.20 Å². The fourth-order valence-electron chi connectivity index (χ4n) is 0.995. The first-order valence-electron chi connectivity index (χ1n) is 4.50. The van der Waals surface area contributed by atoms with E-state index in [4.69, 9.17) is 4.74 Å². The molecule has 0 saturated heterocycles. The molecule has 0 aliphatic rings. The second kappa shape index (κ2) is 5.93. The van der Waals surface area contributed by atoms with Gasteiger partial charge >= 0.3 is 5.97 Å². The molecular formula is C11H13NO3. The lowest BCUT2D eigenvalue weighted by molar-refractivity contribution is 0.0600. The Kier molecular flexibility index (Phi) is 4.50. The molecule has 0 aliphatic heterocycles. The second-order valence-corrected chi connectivity index (χ2v) is 2.83. The van der Waals surface area contributed by atoms with Crippen molar-refractivity contribution in [1.82, 2.24) is 4.98 Å². The first-order chi connectivity index (χ1) is 7.27. The molecule has 1 rings (SSSR count). The molecular weight excluding hydrogens is 194 g/mol. The van der Waals surface area contributed by atoms with Crippen LogP contribution in [0.25, 0.3) is 0 Å². The summed E-state index contributed by atoms with van der Waals surface area (Å²) < 4.78 is 9.75. The van der Waals surface area contributed by atoms with Gasteiger partial charge in [-0.25, -0.2) is 4.79 Å². The van der Waals surface area contributed by atoms with E-state index in [9.17, 15) is 4.79 Å². The molecule has 0 aromatic carbocycles. The lowest BCUT2D eigenvalue weighted by atomic mass is 10.2. The third-order valence-electron chi connectivity index (χ3n) is 1.73. The van der Waals surface area contributed by atoms with Crippen molar-refractivity contribution in [2.45, 2.75) is 6.61 Å². The van der Waals surface area contributed by atoms with Crippen LogP contribution in [0.2, 0.25) is 0 Å². The SMILES string of the molecule is C=CCOCc1ccc(C(=O)OC)cn1. The van der Waals surface area contributed by atoms with Crippen LogP contribution < -0.4 is 0 Å². The predicted octanol–water partition coefficient (Wildman–Crippen LogP) is 1.57. The third-order valence-corrected chi connectivity index (χ3v) is 1.73. The molecule has 0 N–H and O–H groups in total. The van der Waals surface area contributed by atoms with Gasteiger partial charge in [-0.05, 0) is 12.1 Å². The Morgan fingerprint density at radius 1 is 1.60 bits per heavy atom. The largest absolute Gasteiger partial charge is 0.465 e. The summed E-state index contributed by atoms with van der Waals surface area (Å²) in [6.45, 7) is 4.43. The van der Waals surface area contributed by atoms with Crippen LogP contribution in [0.5, 0.6) is 0 Å². The Bertz CT molecular complexity index is 332. The molecule has 1 aromatic rings. The molecule has 0 saturated carbocycles. The van der Waals surface area contributed by atoms with Crippen molar-refractivity contribution in [3.8, 4) is 0 Å². The zero-order chi connectivity index (χ0) is 11.1. The normalized spacial score (nSPS) is 9.67. The van der Waals surface area contributed by atoms with Crippen LogP contribution in [0, 0.1) is 0 Å². The number of methoxy groups -OCH3 is 1. The minimum atomic E-state index is -0.388. The van der Waals surface area contributed by atoms with Crippen molar-refractivity contribution in [2.24, 2.45) is 0 Å². The van der Waals surface area contributed by atoms with Gasteiger partial charge in [0.2, 0.25) is 0 Å². The fourth-order valence-corrected chi connectivity index (χ4v) is 0.995. The van der Waals surface area contributed by atoms with Gasteiger partial charge in [0.1, 0.15) is 0 Å². The summed E-state index contributed by atoms with van der Waals surface area (Å²) in [5, 5.41) is 0. The number of ether oxygens (including phenoxy) is 2. The highest BCUT2D eigenvalue weighted by atomic mass is 16.5. The fraction of sp³-hybridized carbons (Fsp3) is 0.273. The molecule has 80 valence electrons. The Labute approximate surface area is 88.5 Å². The molecule has 15 heavy (non-hydrogen) atoms. The van der Waals surface area contributed by atoms with Gasteiger partial charge in [-0.2, -0.15) is 0 Å². The predicted molar refractivity (Wildman–Crippen MR) is 55.4 cm³/mol. The Morgan fingerprint density at radius 3 is 2.93 bits per heavy atom. The highest BCUT2D eigenvalue weighted by Crippen LogP contribution is 2.03. The van der Waals surface area contributed by atoms with Crippen molar-refractivity contribution in [3.63, 3.8) is 0 Å². The van der Waals surface area contributed by atoms with Crippen LogP contribution >= 0.6 is 0 Å². The molecule has 4 heteroatoms. The number of pyridine rings is 1. The van der Waals surface area contributed by atoms with Gasteiger partial charge in [0.05, 0.1) is 31.6 Å². The Balaban J connectivity index is 2.56. The summed E-state index contributed by atoms with van der Waals surface area (Å²) in [6.07, 6.45) is 3.14. The summed E-state index contributed by atoms with van der Waals surface area (Å²) in [4.78, 5) is 15.1. The number of esters is 1. The van der Waals surface area contributed by atoms with E-state index in [0.29, 0.717) is 18.8 Å². The maximum atomic E-state index is 11.1. The summed E-state index contributed by atoms with van der Waals surface area (Å²) >= 11 is 0. The minimum absolute atomic E-state index is 0.388. The third kappa shape index (κ3) is 3.52. The van der Waals surface area contributed by atoms with Crippen LogP contribution in [0.3, 0.4) is 0 Å². The molecule has 4 nitrogen and oxygen atoms in total. The molecule has 0 fully saturated rings. The number of nitrogens with zero attached hydrogens (tertiary/aromatic N) is 1. The standard InChI is InChI=1S/C11H13NO3/c1-3-6-15-8-10-5-4-9(7-12-10)11(13)14-2/h3-5,7H,1,6,8H2,2H3. The average molecular weight is 207 g/mol. The smallest absolute Gasteiger partial charge is 0.339 e. The van der Waals surface area contributed by atoms with E-state index in [-0.39, 0.29) is 5.97 Å². The molecule has 0 spiro atoms. The van der Waals surface area contributed by atoms with Gasteiger partial charge in [0.25, 0.3) is 0 Å². The first-order valence-corrected chi connectivity index (χ1v) is 4.50. The van der Waals surface area contributed by atoms with E-state index < -0.39 is 0 Å². The van der Waals surface area contributed by atoms with Gasteiger partial charge in [-0.1, -0.05) is 6.08 Å². The lowest BCUT2D eigenvalue weighted by Gasteiger charge is -2.02. The van der Waals surface area contributed by atoms with Crippen LogP contribution in [-0.4, -0.2) is 24.7 Å². The zero-order valence-electron chi connectivity index (χ0n) is 8.60. The molecule has 0 unspecified atom stereocenters. The van der Waals surface area contributed by atoms with Crippen molar-refractivity contribution >= 4 is 5.97 Å². The number of hydrogen-bond acceptors (Lipinski definition) is 4. The molecule has 1 heterocycles. The quantitative estimate of drug-likeness (QED) is 0.418. The maximum absolute atomic E-state index is 11.1. The van der Waals surface area contributed by atoms with E-state index >= 15 is 0 Å². The second-order valence-electron chi connectivity index (χ2n) is 2.83. The van der Waals surface area contributed by atoms with Gasteiger partial charge in [-0.3, -0.25) is 4.98 Å². The minimum Gasteiger partial charge on any atom is -0.465 e. The molecule has 1 aromatic heterocycles. The van der Waals surface area contributed by atoms with E-state index in [1.54, 1.807) is 18.2 Å². The van der Waals surface area contributed by atoms with E-state index in [1.807, 2.05) is 0 Å². The van der Waals surface area contributed by atoms with Crippen molar-refractivity contribution < 1.29 is 14.3 Å². The van der Waals surface area contributed by atoms with E-state index in [0.717, 1.165) is 5.69 Å². The van der Waals surface area contributed by atoms with Gasteiger partial charge in [0.15, 0.2) is 0 Å². The monoisotopic (exact) mass is 207 g/mol. The van der Waals surface area contributed by atoms with Crippen molar-refractivity contribution in [3.05, 3.63) is 42.2 Å². The average Bonchev–Trinajstić information content (AvgIpc) is 2.29. The summed E-state index contributed by atoms with van der Waals surface area (Å²) in [6, 6.07) is 3.39. The van der Waals surface area contributed by atoms with Crippen LogP contribution in [0.15, 0.2) is 31.0 Å². The highest BCUT2D eigenvalue weighted by molar-refractivity contribution is 5.88. The van der Waals surface area contributed by atoms with Crippen LogP contribution in [-0.2, 0) is 16.1 Å². The molecule has 0 bridgehead atoms. The Hall–Kier alpha value is -1.68. The number of carbonyl (C=O) groups excluding carboxylic acids is 1. The highest BCUT2D eigenvalue weighted by Gasteiger charge is 2.04. The van der Waals surface area contributed by atoms with E-state index in [2.05, 4.69) is 16.3 Å². The van der Waals surface area contributed by atoms with Crippen molar-refractivity contribution in [1.29, 1.82) is 0 Å². The summed E-state index contributed by atoms with van der Waals surface area (Å²) in [5.74, 6) is -0.388. The number of aromatic nitrogens is 1. The topological polar surface area (TPSA) is 48.4 Å². The molecule has 0 amide bonds. The van der Waals surface area contributed by atoms with Crippen LogP contribution in [0.4, 0.5) is 0 Å². The van der Waals surface area contributed by atoms with Crippen LogP contribution in [0.1, 0.15) is 16.1 Å². The number of carbonyl (C=O) groups is 1. The summed E-state index contributed by atoms with van der Waals surface area (Å²) in [7, 11) is 1.34. The molecule has 0 aliphatic carbocycles. The van der Waals surface area contributed by atoms with E-state index in [1.165, 1.54) is 13.3 Å². The number of rotatable bonds is 5. The first kappa shape index (κ1) is 11.4. The molecule has 0 radical (unpaired) electrons. The molecule has 0 atom stereocenters. The van der Waals surface area contributed by atoms with Gasteiger partial charge in [-0.15, -0.1) is 6.58 Å². The lowest BCUT2D eigenvalue weighted by Crippen LogP contribution is -2.03. The summed E-state index contributed by atoms with van der Waals surface area (Å²) in [5.41, 5.74) is 1.20. The van der Waals surface area contributed by atoms with Gasteiger partial charge < -0.3 is 9.47 Å². The Morgan fingerprint density at radius 2 is 2.40 bits per heavy atom. The maximum Gasteiger partial charge on any atom is 0.339 e. The van der Waals surface area contributed by atoms with Crippen molar-refractivity contribution in [2.75, 3.05) is 13.7 Å². The zero-order valence-corrected chi connectivity index (χ0v) is 8.60.